The van der Waals surface area contributed by atoms with E-state index in [2.05, 4.69) is 11.0 Å². The van der Waals surface area contributed by atoms with Gasteiger partial charge >= 0.3 is 0 Å². The highest BCUT2D eigenvalue weighted by atomic mass is 16.5. The summed E-state index contributed by atoms with van der Waals surface area (Å²) in [5.41, 5.74) is 2.37. The molecular weight excluding hydrogens is 190 g/mol. The number of ether oxygens (including phenoxy) is 1. The van der Waals surface area contributed by atoms with Gasteiger partial charge in [-0.2, -0.15) is 0 Å². The minimum Gasteiger partial charge on any atom is -0.496 e. The van der Waals surface area contributed by atoms with Crippen molar-refractivity contribution in [3.63, 3.8) is 0 Å². The second-order valence-electron chi connectivity index (χ2n) is 4.08. The number of hydrogen-bond acceptors (Lipinski definition) is 3. The van der Waals surface area contributed by atoms with Gasteiger partial charge in [0.25, 0.3) is 0 Å². The van der Waals surface area contributed by atoms with Gasteiger partial charge < -0.3 is 14.7 Å². The van der Waals surface area contributed by atoms with E-state index in [1.807, 2.05) is 26.1 Å². The van der Waals surface area contributed by atoms with Crippen LogP contribution in [0.3, 0.4) is 0 Å². The van der Waals surface area contributed by atoms with Crippen molar-refractivity contribution >= 4 is 5.69 Å². The van der Waals surface area contributed by atoms with Crippen molar-refractivity contribution in [3.8, 4) is 5.75 Å². The molecule has 2 atom stereocenters. The van der Waals surface area contributed by atoms with Gasteiger partial charge in [0.1, 0.15) is 5.75 Å². The molecule has 1 N–H and O–H groups in total. The molecule has 0 amide bonds. The van der Waals surface area contributed by atoms with E-state index in [0.29, 0.717) is 0 Å². The first-order valence-corrected chi connectivity index (χ1v) is 5.22. The highest BCUT2D eigenvalue weighted by molar-refractivity contribution is 5.64. The number of likely N-dealkylation sites (N-methyl/N-ethyl adjacent to an activating group) is 1. The molecule has 1 aliphatic rings. The first-order chi connectivity index (χ1) is 7.15. The van der Waals surface area contributed by atoms with E-state index in [1.165, 1.54) is 11.3 Å². The van der Waals surface area contributed by atoms with Crippen LogP contribution in [-0.2, 0) is 6.42 Å². The summed E-state index contributed by atoms with van der Waals surface area (Å²) in [5.74, 6) is 0.919. The summed E-state index contributed by atoms with van der Waals surface area (Å²) in [4.78, 5) is 2.13. The molecule has 0 aromatic heterocycles. The average Bonchev–Trinajstić information content (AvgIpc) is 2.56. The van der Waals surface area contributed by atoms with E-state index in [9.17, 15) is 5.11 Å². The van der Waals surface area contributed by atoms with Crippen molar-refractivity contribution in [2.45, 2.75) is 25.5 Å². The maximum atomic E-state index is 9.68. The summed E-state index contributed by atoms with van der Waals surface area (Å²) in [6, 6.07) is 6.19. The molecule has 2 unspecified atom stereocenters. The van der Waals surface area contributed by atoms with Gasteiger partial charge in [-0.25, -0.2) is 0 Å². The van der Waals surface area contributed by atoms with Crippen molar-refractivity contribution in [2.75, 3.05) is 19.1 Å². The van der Waals surface area contributed by atoms with Crippen LogP contribution in [0.25, 0.3) is 0 Å². The Bertz CT molecular complexity index is 363. The third-order valence-corrected chi connectivity index (χ3v) is 3.18. The lowest BCUT2D eigenvalue weighted by atomic mass is 10.1. The number of fused-ring (bicyclic) bond motifs is 1. The van der Waals surface area contributed by atoms with E-state index in [-0.39, 0.29) is 12.1 Å². The fraction of sp³-hybridized carbons (Fsp3) is 0.500. The Kier molecular flexibility index (Phi) is 2.57. The van der Waals surface area contributed by atoms with Crippen LogP contribution < -0.4 is 9.64 Å². The van der Waals surface area contributed by atoms with E-state index < -0.39 is 0 Å². The zero-order valence-electron chi connectivity index (χ0n) is 9.40. The molecule has 0 saturated carbocycles. The number of hydrogen-bond donors (Lipinski definition) is 1. The minimum absolute atomic E-state index is 0.163. The maximum Gasteiger partial charge on any atom is 0.124 e. The predicted molar refractivity (Wildman–Crippen MR) is 60.6 cm³/mol. The molecule has 1 aromatic carbocycles. The number of aliphatic hydroxyl groups excluding tert-OH is 1. The maximum absolute atomic E-state index is 9.68. The molecule has 2 rings (SSSR count). The summed E-state index contributed by atoms with van der Waals surface area (Å²) < 4.78 is 5.33. The first kappa shape index (κ1) is 10.3. The van der Waals surface area contributed by atoms with E-state index in [1.54, 1.807) is 7.11 Å². The van der Waals surface area contributed by atoms with Crippen molar-refractivity contribution in [1.29, 1.82) is 0 Å². The van der Waals surface area contributed by atoms with Gasteiger partial charge in [-0.05, 0) is 19.1 Å². The molecule has 0 aliphatic carbocycles. The molecule has 0 radical (unpaired) electrons. The molecule has 3 nitrogen and oxygen atoms in total. The number of aliphatic hydroxyl groups is 1. The van der Waals surface area contributed by atoms with Crippen molar-refractivity contribution in [1.82, 2.24) is 0 Å². The molecule has 1 aliphatic heterocycles. The Morgan fingerprint density at radius 3 is 2.87 bits per heavy atom. The van der Waals surface area contributed by atoms with Crippen LogP contribution in [-0.4, -0.2) is 31.4 Å². The van der Waals surface area contributed by atoms with E-state index >= 15 is 0 Å². The van der Waals surface area contributed by atoms with E-state index in [4.69, 9.17) is 4.74 Å². The Morgan fingerprint density at radius 2 is 2.27 bits per heavy atom. The smallest absolute Gasteiger partial charge is 0.124 e. The number of rotatable bonds is 2. The second-order valence-corrected chi connectivity index (χ2v) is 4.08. The van der Waals surface area contributed by atoms with Gasteiger partial charge in [0, 0.05) is 24.7 Å². The molecule has 15 heavy (non-hydrogen) atoms. The van der Waals surface area contributed by atoms with Crippen molar-refractivity contribution in [2.24, 2.45) is 0 Å². The lowest BCUT2D eigenvalue weighted by molar-refractivity contribution is 0.164. The van der Waals surface area contributed by atoms with Crippen LogP contribution in [0.4, 0.5) is 5.69 Å². The SMILES string of the molecule is COc1cccc2c1CC(C(C)O)N2C. The van der Waals surface area contributed by atoms with Crippen molar-refractivity contribution < 1.29 is 9.84 Å². The lowest BCUT2D eigenvalue weighted by Gasteiger charge is -2.24. The van der Waals surface area contributed by atoms with Crippen LogP contribution >= 0.6 is 0 Å². The fourth-order valence-corrected chi connectivity index (χ4v) is 2.30. The molecule has 0 saturated heterocycles. The zero-order chi connectivity index (χ0) is 11.0. The number of nitrogens with zero attached hydrogens (tertiary/aromatic N) is 1. The predicted octanol–water partition coefficient (Wildman–Crippen LogP) is 1.44. The van der Waals surface area contributed by atoms with Gasteiger partial charge in [0.2, 0.25) is 0 Å². The summed E-state index contributed by atoms with van der Waals surface area (Å²) in [5, 5.41) is 9.68. The van der Waals surface area contributed by atoms with Crippen LogP contribution in [0, 0.1) is 0 Å². The van der Waals surface area contributed by atoms with Gasteiger partial charge in [-0.15, -0.1) is 0 Å². The molecular formula is C12H17NO2. The van der Waals surface area contributed by atoms with Crippen LogP contribution in [0.5, 0.6) is 5.75 Å². The third kappa shape index (κ3) is 1.57. The molecule has 0 bridgehead atoms. The topological polar surface area (TPSA) is 32.7 Å². The Hall–Kier alpha value is -1.22. The monoisotopic (exact) mass is 207 g/mol. The molecule has 82 valence electrons. The number of methoxy groups -OCH3 is 1. The Labute approximate surface area is 90.3 Å². The number of benzene rings is 1. The van der Waals surface area contributed by atoms with Crippen molar-refractivity contribution in [3.05, 3.63) is 23.8 Å². The van der Waals surface area contributed by atoms with Crippen LogP contribution in [0.1, 0.15) is 12.5 Å². The second kappa shape index (κ2) is 3.74. The minimum atomic E-state index is -0.327. The quantitative estimate of drug-likeness (QED) is 0.796. The average molecular weight is 207 g/mol. The zero-order valence-corrected chi connectivity index (χ0v) is 9.40. The largest absolute Gasteiger partial charge is 0.496 e. The van der Waals surface area contributed by atoms with Gasteiger partial charge in [-0.3, -0.25) is 0 Å². The molecule has 1 aromatic rings. The summed E-state index contributed by atoms with van der Waals surface area (Å²) in [6.45, 7) is 1.83. The third-order valence-electron chi connectivity index (χ3n) is 3.18. The van der Waals surface area contributed by atoms with Crippen LogP contribution in [0.2, 0.25) is 0 Å². The lowest BCUT2D eigenvalue weighted by Crippen LogP contribution is -2.37. The standard InChI is InChI=1S/C12H17NO2/c1-8(14)11-7-9-10(13(11)2)5-4-6-12(9)15-3/h4-6,8,11,14H,7H2,1-3H3. The Morgan fingerprint density at radius 1 is 1.53 bits per heavy atom. The normalized spacial score (nSPS) is 21.3. The highest BCUT2D eigenvalue weighted by Crippen LogP contribution is 2.37. The molecule has 1 heterocycles. The summed E-state index contributed by atoms with van der Waals surface area (Å²) in [7, 11) is 3.70. The van der Waals surface area contributed by atoms with Gasteiger partial charge in [0.05, 0.1) is 19.3 Å². The summed E-state index contributed by atoms with van der Waals surface area (Å²) in [6.07, 6.45) is 0.528. The molecule has 0 spiro atoms. The Balaban J connectivity index is 2.40. The van der Waals surface area contributed by atoms with Crippen LogP contribution in [0.15, 0.2) is 18.2 Å². The highest BCUT2D eigenvalue weighted by Gasteiger charge is 2.31. The fourth-order valence-electron chi connectivity index (χ4n) is 2.30. The molecule has 3 heteroatoms. The first-order valence-electron chi connectivity index (χ1n) is 5.22. The van der Waals surface area contributed by atoms with Gasteiger partial charge in [-0.1, -0.05) is 6.07 Å². The molecule has 0 fully saturated rings. The van der Waals surface area contributed by atoms with Gasteiger partial charge in [0.15, 0.2) is 0 Å². The number of anilines is 1. The summed E-state index contributed by atoms with van der Waals surface area (Å²) >= 11 is 0. The van der Waals surface area contributed by atoms with E-state index in [0.717, 1.165) is 12.2 Å².